The van der Waals surface area contributed by atoms with E-state index in [0.717, 1.165) is 16.1 Å². The number of thiazole rings is 1. The third-order valence-electron chi connectivity index (χ3n) is 2.06. The Bertz CT molecular complexity index is 476. The fraction of sp³-hybridized carbons (Fsp3) is 0.0833. The molecule has 82 valence electrons. The Morgan fingerprint density at radius 1 is 1.38 bits per heavy atom. The van der Waals surface area contributed by atoms with Crippen molar-refractivity contribution in [3.05, 3.63) is 47.2 Å². The van der Waals surface area contributed by atoms with Gasteiger partial charge in [0.1, 0.15) is 10.8 Å². The van der Waals surface area contributed by atoms with E-state index in [-0.39, 0.29) is 0 Å². The second kappa shape index (κ2) is 5.01. The Balaban J connectivity index is 2.23. The van der Waals surface area contributed by atoms with Crippen molar-refractivity contribution in [3.8, 4) is 10.6 Å². The van der Waals surface area contributed by atoms with Gasteiger partial charge in [-0.25, -0.2) is 9.37 Å². The second-order valence-electron chi connectivity index (χ2n) is 3.21. The van der Waals surface area contributed by atoms with E-state index in [2.05, 4.69) is 4.98 Å². The molecule has 4 heteroatoms. The van der Waals surface area contributed by atoms with Gasteiger partial charge in [-0.1, -0.05) is 24.3 Å². The SMILES string of the molecule is OCC(F)=Cc1ccc(-c2nccs2)cc1. The van der Waals surface area contributed by atoms with Crippen molar-refractivity contribution in [2.75, 3.05) is 6.61 Å². The molecule has 2 rings (SSSR count). The topological polar surface area (TPSA) is 33.1 Å². The summed E-state index contributed by atoms with van der Waals surface area (Å²) in [6.45, 7) is -0.561. The zero-order valence-electron chi connectivity index (χ0n) is 8.43. The first-order valence-corrected chi connectivity index (χ1v) is 5.64. The lowest BCUT2D eigenvalue weighted by molar-refractivity contribution is 0.300. The molecule has 0 aliphatic heterocycles. The van der Waals surface area contributed by atoms with E-state index in [1.54, 1.807) is 29.7 Å². The van der Waals surface area contributed by atoms with Gasteiger partial charge in [0, 0.05) is 17.1 Å². The number of aromatic nitrogens is 1. The minimum Gasteiger partial charge on any atom is -0.389 e. The molecule has 2 nitrogen and oxygen atoms in total. The number of benzene rings is 1. The maximum atomic E-state index is 12.8. The summed E-state index contributed by atoms with van der Waals surface area (Å²) < 4.78 is 12.8. The Morgan fingerprint density at radius 3 is 2.69 bits per heavy atom. The lowest BCUT2D eigenvalue weighted by atomic mass is 10.1. The van der Waals surface area contributed by atoms with Crippen molar-refractivity contribution < 1.29 is 9.50 Å². The molecule has 1 heterocycles. The number of aliphatic hydroxyl groups excluding tert-OH is 1. The van der Waals surface area contributed by atoms with Crippen molar-refractivity contribution >= 4 is 17.4 Å². The molecule has 0 unspecified atom stereocenters. The third kappa shape index (κ3) is 2.53. The minimum absolute atomic E-state index is 0.540. The van der Waals surface area contributed by atoms with Crippen LogP contribution in [0, 0.1) is 0 Å². The van der Waals surface area contributed by atoms with E-state index < -0.39 is 12.4 Å². The van der Waals surface area contributed by atoms with E-state index in [9.17, 15) is 4.39 Å². The number of hydrogen-bond acceptors (Lipinski definition) is 3. The first kappa shape index (κ1) is 11.0. The van der Waals surface area contributed by atoms with Gasteiger partial charge in [0.25, 0.3) is 0 Å². The van der Waals surface area contributed by atoms with Crippen LogP contribution in [0.15, 0.2) is 41.7 Å². The predicted molar refractivity (Wildman–Crippen MR) is 63.7 cm³/mol. The van der Waals surface area contributed by atoms with E-state index in [1.165, 1.54) is 6.08 Å². The molecular formula is C12H10FNOS. The first-order chi connectivity index (χ1) is 7.79. The molecule has 0 fully saturated rings. The molecule has 0 spiro atoms. The van der Waals surface area contributed by atoms with Crippen LogP contribution in [0.25, 0.3) is 16.6 Å². The van der Waals surface area contributed by atoms with Crippen molar-refractivity contribution in [2.24, 2.45) is 0 Å². The molecule has 2 aromatic rings. The average Bonchev–Trinajstić information content (AvgIpc) is 2.83. The molecule has 0 saturated heterocycles. The third-order valence-corrected chi connectivity index (χ3v) is 2.89. The summed E-state index contributed by atoms with van der Waals surface area (Å²) in [5.74, 6) is -0.540. The summed E-state index contributed by atoms with van der Waals surface area (Å²) in [5, 5.41) is 11.4. The number of halogens is 1. The lowest BCUT2D eigenvalue weighted by Crippen LogP contribution is -1.82. The van der Waals surface area contributed by atoms with E-state index in [4.69, 9.17) is 5.11 Å². The van der Waals surface area contributed by atoms with Crippen LogP contribution in [0.1, 0.15) is 5.56 Å². The highest BCUT2D eigenvalue weighted by molar-refractivity contribution is 7.13. The van der Waals surface area contributed by atoms with E-state index >= 15 is 0 Å². The monoisotopic (exact) mass is 235 g/mol. The van der Waals surface area contributed by atoms with Crippen LogP contribution >= 0.6 is 11.3 Å². The fourth-order valence-corrected chi connectivity index (χ4v) is 1.96. The van der Waals surface area contributed by atoms with Gasteiger partial charge in [0.05, 0.1) is 6.61 Å². The molecule has 0 aliphatic carbocycles. The van der Waals surface area contributed by atoms with Gasteiger partial charge in [-0.15, -0.1) is 11.3 Å². The molecule has 16 heavy (non-hydrogen) atoms. The molecule has 0 amide bonds. The van der Waals surface area contributed by atoms with Crippen molar-refractivity contribution in [1.29, 1.82) is 0 Å². The van der Waals surface area contributed by atoms with Crippen LogP contribution < -0.4 is 0 Å². The lowest BCUT2D eigenvalue weighted by Gasteiger charge is -1.98. The van der Waals surface area contributed by atoms with Gasteiger partial charge >= 0.3 is 0 Å². The number of aliphatic hydroxyl groups is 1. The van der Waals surface area contributed by atoms with Crippen LogP contribution in [-0.2, 0) is 0 Å². The molecule has 1 aromatic heterocycles. The maximum Gasteiger partial charge on any atom is 0.126 e. The summed E-state index contributed by atoms with van der Waals surface area (Å²) in [5.41, 5.74) is 1.74. The van der Waals surface area contributed by atoms with Gasteiger partial charge in [0.2, 0.25) is 0 Å². The summed E-state index contributed by atoms with van der Waals surface area (Å²) in [6.07, 6.45) is 3.06. The standard InChI is InChI=1S/C12H10FNOS/c13-11(8-15)7-9-1-3-10(4-2-9)12-14-5-6-16-12/h1-7,15H,8H2. The Labute approximate surface area is 96.7 Å². The molecule has 0 aliphatic rings. The number of nitrogens with zero attached hydrogens (tertiary/aromatic N) is 1. The van der Waals surface area contributed by atoms with Gasteiger partial charge in [0.15, 0.2) is 0 Å². The van der Waals surface area contributed by atoms with Gasteiger partial charge in [-0.05, 0) is 11.6 Å². The van der Waals surface area contributed by atoms with Crippen LogP contribution in [0.2, 0.25) is 0 Å². The fourth-order valence-electron chi connectivity index (χ4n) is 1.31. The van der Waals surface area contributed by atoms with Gasteiger partial charge in [-0.3, -0.25) is 0 Å². The molecule has 1 N–H and O–H groups in total. The van der Waals surface area contributed by atoms with Crippen LogP contribution in [0.4, 0.5) is 4.39 Å². The molecule has 0 bridgehead atoms. The van der Waals surface area contributed by atoms with Gasteiger partial charge in [-0.2, -0.15) is 0 Å². The van der Waals surface area contributed by atoms with Crippen LogP contribution in [-0.4, -0.2) is 16.7 Å². The van der Waals surface area contributed by atoms with Crippen molar-refractivity contribution in [3.63, 3.8) is 0 Å². The summed E-state index contributed by atoms with van der Waals surface area (Å²) in [7, 11) is 0. The zero-order chi connectivity index (χ0) is 11.4. The number of hydrogen-bond donors (Lipinski definition) is 1. The second-order valence-corrected chi connectivity index (χ2v) is 4.10. The summed E-state index contributed by atoms with van der Waals surface area (Å²) >= 11 is 1.56. The maximum absolute atomic E-state index is 12.8. The smallest absolute Gasteiger partial charge is 0.126 e. The normalized spacial score (nSPS) is 11.8. The molecule has 0 atom stereocenters. The first-order valence-electron chi connectivity index (χ1n) is 4.76. The Hall–Kier alpha value is -1.52. The van der Waals surface area contributed by atoms with Gasteiger partial charge < -0.3 is 5.11 Å². The van der Waals surface area contributed by atoms with E-state index in [0.29, 0.717) is 0 Å². The highest BCUT2D eigenvalue weighted by Gasteiger charge is 1.99. The average molecular weight is 235 g/mol. The van der Waals surface area contributed by atoms with Crippen molar-refractivity contribution in [1.82, 2.24) is 4.98 Å². The molecule has 1 aromatic carbocycles. The highest BCUT2D eigenvalue weighted by Crippen LogP contribution is 2.22. The van der Waals surface area contributed by atoms with Crippen molar-refractivity contribution in [2.45, 2.75) is 0 Å². The highest BCUT2D eigenvalue weighted by atomic mass is 32.1. The largest absolute Gasteiger partial charge is 0.389 e. The minimum atomic E-state index is -0.561. The quantitative estimate of drug-likeness (QED) is 0.886. The predicted octanol–water partition coefficient (Wildman–Crippen LogP) is 3.11. The van der Waals surface area contributed by atoms with Crippen LogP contribution in [0.5, 0.6) is 0 Å². The molecule has 0 radical (unpaired) electrons. The Kier molecular flexibility index (Phi) is 3.44. The summed E-state index contributed by atoms with van der Waals surface area (Å²) in [4.78, 5) is 4.18. The van der Waals surface area contributed by atoms with E-state index in [1.807, 2.05) is 17.5 Å². The molecule has 0 saturated carbocycles. The zero-order valence-corrected chi connectivity index (χ0v) is 9.25. The number of rotatable bonds is 3. The van der Waals surface area contributed by atoms with Crippen LogP contribution in [0.3, 0.4) is 0 Å². The molecular weight excluding hydrogens is 225 g/mol. The Morgan fingerprint density at radius 2 is 2.12 bits per heavy atom. The summed E-state index contributed by atoms with van der Waals surface area (Å²) in [6, 6.07) is 7.36.